The number of rotatable bonds is 4. The molecule has 0 saturated carbocycles. The lowest BCUT2D eigenvalue weighted by Crippen LogP contribution is -1.93. The average molecular weight is 358 g/mol. The van der Waals surface area contributed by atoms with E-state index in [1.807, 2.05) is 31.2 Å². The Kier molecular flexibility index (Phi) is 4.78. The Bertz CT molecular complexity index is 612. The first-order valence-electron chi connectivity index (χ1n) is 6.13. The molecule has 0 aliphatic carbocycles. The van der Waals surface area contributed by atoms with Crippen LogP contribution in [0.1, 0.15) is 18.1 Å². The first-order chi connectivity index (χ1) is 9.52. The van der Waals surface area contributed by atoms with E-state index in [-0.39, 0.29) is 16.5 Å². The predicted octanol–water partition coefficient (Wildman–Crippen LogP) is 4.50. The monoisotopic (exact) mass is 356 g/mol. The molecule has 3 nitrogen and oxygen atoms in total. The lowest BCUT2D eigenvalue weighted by molar-refractivity contribution is 0.340. The molecule has 0 aromatic heterocycles. The van der Waals surface area contributed by atoms with Crippen molar-refractivity contribution < 1.29 is 14.9 Å². The zero-order chi connectivity index (χ0) is 14.7. The second-order valence-electron chi connectivity index (χ2n) is 4.28. The van der Waals surface area contributed by atoms with Crippen molar-refractivity contribution in [1.29, 1.82) is 0 Å². The van der Waals surface area contributed by atoms with Gasteiger partial charge < -0.3 is 14.9 Å². The summed E-state index contributed by atoms with van der Waals surface area (Å²) in [5, 5.41) is 19.5. The predicted molar refractivity (Wildman–Crippen MR) is 82.9 cm³/mol. The molecule has 2 rings (SSSR count). The van der Waals surface area contributed by atoms with Crippen LogP contribution in [0.25, 0.3) is 0 Å². The third-order valence-corrected chi connectivity index (χ3v) is 3.90. The van der Waals surface area contributed by atoms with Gasteiger partial charge in [0.25, 0.3) is 0 Å². The molecule has 0 spiro atoms. The largest absolute Gasteiger partial charge is 0.503 e. The number of hydrogen-bond acceptors (Lipinski definition) is 3. The maximum Gasteiger partial charge on any atom is 0.178 e. The van der Waals surface area contributed by atoms with Crippen LogP contribution in [0, 0.1) is 0 Å². The molecule has 0 bridgehead atoms. The van der Waals surface area contributed by atoms with Gasteiger partial charge in [-0.1, -0.05) is 23.7 Å². The maximum absolute atomic E-state index is 9.73. The van der Waals surface area contributed by atoms with Crippen LogP contribution in [0.15, 0.2) is 34.8 Å². The Balaban J connectivity index is 2.26. The van der Waals surface area contributed by atoms with E-state index in [4.69, 9.17) is 16.3 Å². The van der Waals surface area contributed by atoms with Crippen molar-refractivity contribution in [2.45, 2.75) is 13.3 Å². The van der Waals surface area contributed by atoms with Gasteiger partial charge >= 0.3 is 0 Å². The van der Waals surface area contributed by atoms with Crippen LogP contribution >= 0.6 is 27.5 Å². The highest BCUT2D eigenvalue weighted by Crippen LogP contribution is 2.42. The Morgan fingerprint density at radius 1 is 1.15 bits per heavy atom. The Hall–Kier alpha value is -1.39. The number of benzene rings is 2. The normalized spacial score (nSPS) is 10.6. The van der Waals surface area contributed by atoms with E-state index >= 15 is 0 Å². The fourth-order valence-corrected chi connectivity index (χ4v) is 2.55. The van der Waals surface area contributed by atoms with Gasteiger partial charge in [0, 0.05) is 0 Å². The van der Waals surface area contributed by atoms with E-state index < -0.39 is 0 Å². The first-order valence-corrected chi connectivity index (χ1v) is 7.30. The van der Waals surface area contributed by atoms with E-state index in [1.165, 1.54) is 0 Å². The third kappa shape index (κ3) is 3.19. The molecular formula is C15H14BrClO3. The number of ether oxygens (including phenoxy) is 1. The fourth-order valence-electron chi connectivity index (χ4n) is 1.87. The number of halogens is 2. The topological polar surface area (TPSA) is 49.7 Å². The van der Waals surface area contributed by atoms with Crippen LogP contribution in [-0.2, 0) is 6.42 Å². The minimum atomic E-state index is -0.304. The van der Waals surface area contributed by atoms with E-state index in [9.17, 15) is 10.2 Å². The molecule has 0 atom stereocenters. The van der Waals surface area contributed by atoms with Gasteiger partial charge in [-0.15, -0.1) is 0 Å². The molecule has 2 aromatic carbocycles. The van der Waals surface area contributed by atoms with Crippen molar-refractivity contribution in [1.82, 2.24) is 0 Å². The molecule has 0 aliphatic rings. The number of phenols is 2. The molecule has 106 valence electrons. The molecule has 0 fully saturated rings. The summed E-state index contributed by atoms with van der Waals surface area (Å²) in [5.74, 6) is 0.268. The Morgan fingerprint density at radius 3 is 2.40 bits per heavy atom. The summed E-state index contributed by atoms with van der Waals surface area (Å²) in [7, 11) is 0. The zero-order valence-electron chi connectivity index (χ0n) is 10.9. The van der Waals surface area contributed by atoms with Crippen LogP contribution in [0.5, 0.6) is 17.2 Å². The van der Waals surface area contributed by atoms with Gasteiger partial charge in [0.05, 0.1) is 16.1 Å². The lowest BCUT2D eigenvalue weighted by atomic mass is 10.0. The van der Waals surface area contributed by atoms with Gasteiger partial charge in [-0.25, -0.2) is 0 Å². The summed E-state index contributed by atoms with van der Waals surface area (Å²) >= 11 is 9.23. The molecular weight excluding hydrogens is 344 g/mol. The van der Waals surface area contributed by atoms with Crippen molar-refractivity contribution in [3.05, 3.63) is 51.0 Å². The number of phenolic OH excluding ortho intramolecular Hbond substituents is 2. The van der Waals surface area contributed by atoms with Gasteiger partial charge in [-0.3, -0.25) is 0 Å². The highest BCUT2D eigenvalue weighted by Gasteiger charge is 2.14. The minimum Gasteiger partial charge on any atom is -0.503 e. The van der Waals surface area contributed by atoms with Crippen LogP contribution < -0.4 is 4.74 Å². The van der Waals surface area contributed by atoms with E-state index in [0.717, 1.165) is 16.9 Å². The second kappa shape index (κ2) is 6.37. The van der Waals surface area contributed by atoms with Crippen molar-refractivity contribution in [2.24, 2.45) is 0 Å². The molecule has 0 heterocycles. The van der Waals surface area contributed by atoms with Crippen molar-refractivity contribution in [2.75, 3.05) is 6.61 Å². The summed E-state index contributed by atoms with van der Waals surface area (Å²) < 4.78 is 5.80. The molecule has 0 unspecified atom stereocenters. The SMILES string of the molecule is CCOc1ccc(Cc2cc(Br)c(O)c(O)c2Cl)cc1. The summed E-state index contributed by atoms with van der Waals surface area (Å²) in [6.07, 6.45) is 0.553. The van der Waals surface area contributed by atoms with Gasteiger partial charge in [0.1, 0.15) is 5.75 Å². The molecule has 2 aromatic rings. The molecule has 0 radical (unpaired) electrons. The van der Waals surface area contributed by atoms with Gasteiger partial charge in [0.2, 0.25) is 0 Å². The first kappa shape index (κ1) is 15.0. The van der Waals surface area contributed by atoms with Gasteiger partial charge in [0.15, 0.2) is 11.5 Å². The molecule has 0 aliphatic heterocycles. The fraction of sp³-hybridized carbons (Fsp3) is 0.200. The molecule has 0 saturated heterocycles. The lowest BCUT2D eigenvalue weighted by Gasteiger charge is -2.10. The highest BCUT2D eigenvalue weighted by molar-refractivity contribution is 9.10. The van der Waals surface area contributed by atoms with Gasteiger partial charge in [-0.2, -0.15) is 0 Å². The summed E-state index contributed by atoms with van der Waals surface area (Å²) in [6.45, 7) is 2.56. The summed E-state index contributed by atoms with van der Waals surface area (Å²) in [5.41, 5.74) is 1.77. The van der Waals surface area contributed by atoms with Crippen LogP contribution in [0.3, 0.4) is 0 Å². The van der Waals surface area contributed by atoms with E-state index in [0.29, 0.717) is 17.5 Å². The number of hydrogen-bond donors (Lipinski definition) is 2. The van der Waals surface area contributed by atoms with Crippen LogP contribution in [0.2, 0.25) is 5.02 Å². The summed E-state index contributed by atoms with van der Waals surface area (Å²) in [6, 6.07) is 9.37. The van der Waals surface area contributed by atoms with Crippen LogP contribution in [0.4, 0.5) is 0 Å². The van der Waals surface area contributed by atoms with Crippen molar-refractivity contribution >= 4 is 27.5 Å². The quantitative estimate of drug-likeness (QED) is 0.792. The van der Waals surface area contributed by atoms with E-state index in [1.54, 1.807) is 6.07 Å². The maximum atomic E-state index is 9.73. The molecule has 2 N–H and O–H groups in total. The smallest absolute Gasteiger partial charge is 0.178 e. The molecule has 20 heavy (non-hydrogen) atoms. The average Bonchev–Trinajstić information content (AvgIpc) is 2.45. The van der Waals surface area contributed by atoms with Gasteiger partial charge in [-0.05, 0) is 58.6 Å². The van der Waals surface area contributed by atoms with Crippen LogP contribution in [-0.4, -0.2) is 16.8 Å². The second-order valence-corrected chi connectivity index (χ2v) is 5.51. The number of aromatic hydroxyl groups is 2. The van der Waals surface area contributed by atoms with Crippen molar-refractivity contribution in [3.8, 4) is 17.2 Å². The van der Waals surface area contributed by atoms with E-state index in [2.05, 4.69) is 15.9 Å². The minimum absolute atomic E-state index is 0.166. The highest BCUT2D eigenvalue weighted by atomic mass is 79.9. The summed E-state index contributed by atoms with van der Waals surface area (Å²) in [4.78, 5) is 0. The molecule has 0 amide bonds. The zero-order valence-corrected chi connectivity index (χ0v) is 13.2. The molecule has 5 heteroatoms. The third-order valence-electron chi connectivity index (χ3n) is 2.87. The standard InChI is InChI=1S/C15H14BrClO3/c1-2-20-11-5-3-9(4-6-11)7-10-8-12(16)14(18)15(19)13(10)17/h3-6,8,18-19H,2,7H2,1H3. The van der Waals surface area contributed by atoms with Crippen molar-refractivity contribution in [3.63, 3.8) is 0 Å². The Morgan fingerprint density at radius 2 is 1.80 bits per heavy atom. The Labute approximate surface area is 130 Å².